The minimum atomic E-state index is -0.179. The molecule has 2 amide bonds. The summed E-state index contributed by atoms with van der Waals surface area (Å²) in [6, 6.07) is 7.72. The number of allylic oxidation sites excluding steroid dienone is 2. The molecule has 1 aromatic rings. The zero-order valence-electron chi connectivity index (χ0n) is 16.3. The molecule has 4 nitrogen and oxygen atoms in total. The number of carbonyl (C=O) groups excluding carboxylic acids is 2. The summed E-state index contributed by atoms with van der Waals surface area (Å²) in [6.45, 7) is 2.23. The fourth-order valence-corrected chi connectivity index (χ4v) is 3.46. The van der Waals surface area contributed by atoms with Gasteiger partial charge >= 0.3 is 0 Å². The minimum absolute atomic E-state index is 0.0164. The van der Waals surface area contributed by atoms with Crippen molar-refractivity contribution in [2.45, 2.75) is 76.5 Å². The van der Waals surface area contributed by atoms with Gasteiger partial charge in [-0.25, -0.2) is 0 Å². The third-order valence-electron chi connectivity index (χ3n) is 4.78. The molecule has 148 valence electrons. The molecule has 1 aliphatic heterocycles. The van der Waals surface area contributed by atoms with Crippen molar-refractivity contribution in [1.82, 2.24) is 5.01 Å². The molecular formula is C22H31ClN2O2. The number of hydrogen-bond acceptors (Lipinski definition) is 3. The van der Waals surface area contributed by atoms with Gasteiger partial charge in [0.1, 0.15) is 0 Å². The Balaban J connectivity index is 1.78. The third-order valence-corrected chi connectivity index (χ3v) is 5.15. The van der Waals surface area contributed by atoms with E-state index < -0.39 is 0 Å². The van der Waals surface area contributed by atoms with Crippen molar-refractivity contribution in [3.05, 3.63) is 42.0 Å². The number of hydrazine groups is 1. The predicted molar refractivity (Wildman–Crippen MR) is 112 cm³/mol. The second kappa shape index (κ2) is 11.8. The van der Waals surface area contributed by atoms with Gasteiger partial charge < -0.3 is 0 Å². The molecule has 0 spiro atoms. The van der Waals surface area contributed by atoms with E-state index in [1.807, 2.05) is 24.3 Å². The van der Waals surface area contributed by atoms with E-state index in [0.29, 0.717) is 6.42 Å². The van der Waals surface area contributed by atoms with Crippen LogP contribution >= 0.6 is 11.6 Å². The van der Waals surface area contributed by atoms with Crippen LogP contribution in [0.1, 0.15) is 70.3 Å². The highest BCUT2D eigenvalue weighted by Crippen LogP contribution is 2.23. The maximum absolute atomic E-state index is 11.8. The van der Waals surface area contributed by atoms with Crippen LogP contribution < -0.4 is 5.43 Å². The summed E-state index contributed by atoms with van der Waals surface area (Å²) in [5.74, 6) is -0.359. The molecule has 1 aliphatic rings. The van der Waals surface area contributed by atoms with Crippen molar-refractivity contribution < 1.29 is 9.59 Å². The van der Waals surface area contributed by atoms with E-state index in [9.17, 15) is 9.59 Å². The highest BCUT2D eigenvalue weighted by atomic mass is 35.5. The number of amides is 2. The lowest BCUT2D eigenvalue weighted by Crippen LogP contribution is -2.35. The summed E-state index contributed by atoms with van der Waals surface area (Å²) in [7, 11) is 0. The van der Waals surface area contributed by atoms with Crippen molar-refractivity contribution in [2.24, 2.45) is 0 Å². The van der Waals surface area contributed by atoms with Crippen LogP contribution in [0.4, 0.5) is 5.69 Å². The Morgan fingerprint density at radius 1 is 1.07 bits per heavy atom. The van der Waals surface area contributed by atoms with Gasteiger partial charge in [0.05, 0.1) is 5.69 Å². The number of rotatable bonds is 12. The number of anilines is 1. The number of alkyl halides is 1. The molecular weight excluding hydrogens is 360 g/mol. The van der Waals surface area contributed by atoms with E-state index in [-0.39, 0.29) is 30.0 Å². The van der Waals surface area contributed by atoms with Gasteiger partial charge in [-0.05, 0) is 43.7 Å². The number of nitrogens with one attached hydrogen (secondary N) is 1. The van der Waals surface area contributed by atoms with Crippen molar-refractivity contribution in [2.75, 3.05) is 5.43 Å². The molecule has 0 radical (unpaired) electrons. The summed E-state index contributed by atoms with van der Waals surface area (Å²) < 4.78 is 0. The van der Waals surface area contributed by atoms with Gasteiger partial charge in [-0.3, -0.25) is 15.0 Å². The molecule has 0 saturated carbocycles. The van der Waals surface area contributed by atoms with Gasteiger partial charge in [0.25, 0.3) is 0 Å². The van der Waals surface area contributed by atoms with Gasteiger partial charge in [-0.2, -0.15) is 5.01 Å². The summed E-state index contributed by atoms with van der Waals surface area (Å²) in [5, 5.41) is 1.14. The molecule has 1 aromatic carbocycles. The first kappa shape index (κ1) is 21.5. The first-order valence-electron chi connectivity index (χ1n) is 10.1. The van der Waals surface area contributed by atoms with E-state index in [1.165, 1.54) is 25.7 Å². The second-order valence-electron chi connectivity index (χ2n) is 7.09. The Hall–Kier alpha value is -1.81. The SMILES string of the molecule is CCCCCCC=CCCC(Cl)Cc1ccccc1NN1C(=O)CCC1=O. The van der Waals surface area contributed by atoms with Gasteiger partial charge in [0.15, 0.2) is 0 Å². The quantitative estimate of drug-likeness (QED) is 0.218. The van der Waals surface area contributed by atoms with E-state index >= 15 is 0 Å². The largest absolute Gasteiger partial charge is 0.289 e. The van der Waals surface area contributed by atoms with Crippen LogP contribution in [-0.2, 0) is 16.0 Å². The molecule has 0 aliphatic carbocycles. The molecule has 0 aromatic heterocycles. The number of benzene rings is 1. The fourth-order valence-electron chi connectivity index (χ4n) is 3.17. The molecule has 0 bridgehead atoms. The molecule has 1 atom stereocenters. The number of hydrogen-bond donors (Lipinski definition) is 1. The number of para-hydroxylation sites is 1. The Kier molecular flexibility index (Phi) is 9.40. The van der Waals surface area contributed by atoms with E-state index in [0.717, 1.165) is 35.5 Å². The Bertz CT molecular complexity index is 629. The van der Waals surface area contributed by atoms with Gasteiger partial charge in [-0.15, -0.1) is 11.6 Å². The molecule has 1 fully saturated rings. The number of carbonyl (C=O) groups is 2. The van der Waals surface area contributed by atoms with Gasteiger partial charge in [0.2, 0.25) is 11.8 Å². The number of nitrogens with zero attached hydrogens (tertiary/aromatic N) is 1. The lowest BCUT2D eigenvalue weighted by atomic mass is 10.0. The monoisotopic (exact) mass is 390 g/mol. The maximum atomic E-state index is 11.8. The maximum Gasteiger partial charge on any atom is 0.248 e. The third kappa shape index (κ3) is 7.37. The van der Waals surface area contributed by atoms with Crippen LogP contribution in [-0.4, -0.2) is 22.2 Å². The average Bonchev–Trinajstić information content (AvgIpc) is 2.97. The molecule has 5 heteroatoms. The zero-order valence-corrected chi connectivity index (χ0v) is 17.0. The topological polar surface area (TPSA) is 49.4 Å². The fraction of sp³-hybridized carbons (Fsp3) is 0.545. The molecule has 1 N–H and O–H groups in total. The molecule has 1 heterocycles. The lowest BCUT2D eigenvalue weighted by molar-refractivity contribution is -0.136. The van der Waals surface area contributed by atoms with Crippen LogP contribution in [0, 0.1) is 0 Å². The van der Waals surface area contributed by atoms with Crippen LogP contribution in [0.25, 0.3) is 0 Å². The van der Waals surface area contributed by atoms with Gasteiger partial charge in [-0.1, -0.05) is 56.5 Å². The number of halogens is 1. The average molecular weight is 391 g/mol. The highest BCUT2D eigenvalue weighted by Gasteiger charge is 2.29. The zero-order chi connectivity index (χ0) is 19.5. The molecule has 1 saturated heterocycles. The lowest BCUT2D eigenvalue weighted by Gasteiger charge is -2.20. The Morgan fingerprint density at radius 3 is 2.52 bits per heavy atom. The number of unbranched alkanes of at least 4 members (excludes halogenated alkanes) is 4. The predicted octanol–water partition coefficient (Wildman–Crippen LogP) is 5.62. The van der Waals surface area contributed by atoms with E-state index in [2.05, 4.69) is 24.5 Å². The Labute approximate surface area is 167 Å². The van der Waals surface area contributed by atoms with Crippen LogP contribution in [0.2, 0.25) is 0 Å². The van der Waals surface area contributed by atoms with E-state index in [1.54, 1.807) is 0 Å². The first-order valence-corrected chi connectivity index (χ1v) is 10.5. The van der Waals surface area contributed by atoms with Crippen molar-refractivity contribution in [3.8, 4) is 0 Å². The van der Waals surface area contributed by atoms with Crippen LogP contribution in [0.3, 0.4) is 0 Å². The second-order valence-corrected chi connectivity index (χ2v) is 7.71. The van der Waals surface area contributed by atoms with Crippen molar-refractivity contribution >= 4 is 29.1 Å². The van der Waals surface area contributed by atoms with Crippen LogP contribution in [0.5, 0.6) is 0 Å². The molecule has 2 rings (SSSR count). The summed E-state index contributed by atoms with van der Waals surface area (Å²) in [6.07, 6.45) is 13.9. The first-order chi connectivity index (χ1) is 13.1. The molecule has 27 heavy (non-hydrogen) atoms. The summed E-state index contributed by atoms with van der Waals surface area (Å²) in [5.41, 5.74) is 4.77. The van der Waals surface area contributed by atoms with Crippen molar-refractivity contribution in [3.63, 3.8) is 0 Å². The van der Waals surface area contributed by atoms with Crippen LogP contribution in [0.15, 0.2) is 36.4 Å². The highest BCUT2D eigenvalue weighted by molar-refractivity contribution is 6.20. The van der Waals surface area contributed by atoms with E-state index in [4.69, 9.17) is 11.6 Å². The summed E-state index contributed by atoms with van der Waals surface area (Å²) >= 11 is 6.53. The smallest absolute Gasteiger partial charge is 0.248 e. The summed E-state index contributed by atoms with van der Waals surface area (Å²) in [4.78, 5) is 23.6. The van der Waals surface area contributed by atoms with Gasteiger partial charge in [0, 0.05) is 18.2 Å². The standard InChI is InChI=1S/C22H31ClN2O2/c1-2-3-4-5-6-7-8-9-13-19(23)17-18-12-10-11-14-20(18)24-25-21(26)15-16-22(25)27/h7-8,10-12,14,19,24H,2-6,9,13,15-17H2,1H3. The molecule has 1 unspecified atom stereocenters. The minimum Gasteiger partial charge on any atom is -0.289 e. The normalized spacial score (nSPS) is 15.7. The van der Waals surface area contributed by atoms with Crippen molar-refractivity contribution in [1.29, 1.82) is 0 Å². The number of imide groups is 1. The Morgan fingerprint density at radius 2 is 1.78 bits per heavy atom.